The third kappa shape index (κ3) is 3.66. The van der Waals surface area contributed by atoms with Gasteiger partial charge in [-0.05, 0) is 40.9 Å². The molecule has 0 aromatic heterocycles. The van der Waals surface area contributed by atoms with Crippen molar-refractivity contribution in [1.29, 1.82) is 0 Å². The molecular weight excluding hydrogens is 335 g/mol. The summed E-state index contributed by atoms with van der Waals surface area (Å²) >= 11 is 0. The zero-order chi connectivity index (χ0) is 18.4. The minimum absolute atomic E-state index is 0. The van der Waals surface area contributed by atoms with Crippen molar-refractivity contribution in [3.8, 4) is 0 Å². The van der Waals surface area contributed by atoms with Crippen LogP contribution in [0.5, 0.6) is 0 Å². The van der Waals surface area contributed by atoms with Gasteiger partial charge >= 0.3 is 29.6 Å². The Kier molecular flexibility index (Phi) is 5.86. The molecule has 0 bridgehead atoms. The molecule has 0 atom stereocenters. The number of ketones is 1. The van der Waals surface area contributed by atoms with E-state index in [0.717, 1.165) is 12.8 Å². The molecule has 0 amide bonds. The number of rotatable bonds is 3. The summed E-state index contributed by atoms with van der Waals surface area (Å²) in [6.07, 6.45) is 2.16. The molecule has 0 spiro atoms. The first-order valence-corrected chi connectivity index (χ1v) is 8.63. The molecule has 3 rings (SSSR count). The Bertz CT molecular complexity index is 865. The molecule has 0 aliphatic heterocycles. The van der Waals surface area contributed by atoms with Crippen LogP contribution in [0.15, 0.2) is 42.5 Å². The van der Waals surface area contributed by atoms with Crippen molar-refractivity contribution in [3.05, 3.63) is 70.3 Å². The van der Waals surface area contributed by atoms with Crippen LogP contribution in [0.25, 0.3) is 0 Å². The third-order valence-corrected chi connectivity index (χ3v) is 5.51. The Balaban J connectivity index is 0.00000243. The molecule has 0 unspecified atom stereocenters. The molecule has 130 valence electrons. The first-order chi connectivity index (χ1) is 11.6. The van der Waals surface area contributed by atoms with Crippen molar-refractivity contribution in [2.24, 2.45) is 0 Å². The van der Waals surface area contributed by atoms with Gasteiger partial charge in [0, 0.05) is 16.7 Å². The quantitative estimate of drug-likeness (QED) is 0.598. The topological polar surface area (TPSA) is 57.2 Å². The summed E-state index contributed by atoms with van der Waals surface area (Å²) in [6, 6.07) is 12.0. The smallest absolute Gasteiger partial charge is 0.545 e. The molecule has 4 heteroatoms. The van der Waals surface area contributed by atoms with Crippen LogP contribution in [-0.2, 0) is 10.8 Å². The van der Waals surface area contributed by atoms with Gasteiger partial charge < -0.3 is 9.90 Å². The average Bonchev–Trinajstić information content (AvgIpc) is 2.58. The van der Waals surface area contributed by atoms with Crippen molar-refractivity contribution < 1.29 is 44.3 Å². The number of carbonyl (C=O) groups excluding carboxylic acids is 2. The van der Waals surface area contributed by atoms with E-state index >= 15 is 0 Å². The monoisotopic (exact) mass is 358 g/mol. The van der Waals surface area contributed by atoms with Crippen molar-refractivity contribution >= 4 is 11.8 Å². The van der Waals surface area contributed by atoms with Crippen molar-refractivity contribution in [2.45, 2.75) is 51.4 Å². The molecule has 0 heterocycles. The number of fused-ring (bicyclic) bond motifs is 1. The van der Waals surface area contributed by atoms with E-state index in [1.54, 1.807) is 18.2 Å². The average molecular weight is 358 g/mol. The van der Waals surface area contributed by atoms with Gasteiger partial charge in [-0.1, -0.05) is 64.1 Å². The summed E-state index contributed by atoms with van der Waals surface area (Å²) in [6.45, 7) is 8.86. The summed E-state index contributed by atoms with van der Waals surface area (Å²) in [5.74, 6) is -1.61. The van der Waals surface area contributed by atoms with E-state index in [2.05, 4.69) is 27.7 Å². The molecule has 0 fully saturated rings. The maximum atomic E-state index is 12.9. The summed E-state index contributed by atoms with van der Waals surface area (Å²) in [5, 5.41) is 11.3. The molecule has 2 aromatic rings. The van der Waals surface area contributed by atoms with E-state index in [1.807, 2.05) is 18.2 Å². The van der Waals surface area contributed by atoms with Gasteiger partial charge in [-0.2, -0.15) is 0 Å². The second-order valence-corrected chi connectivity index (χ2v) is 8.19. The first kappa shape index (κ1) is 20.9. The predicted molar refractivity (Wildman–Crippen MR) is 95.9 cm³/mol. The summed E-state index contributed by atoms with van der Waals surface area (Å²) in [5.41, 5.74) is 3.16. The van der Waals surface area contributed by atoms with Crippen LogP contribution in [0, 0.1) is 0 Å². The summed E-state index contributed by atoms with van der Waals surface area (Å²) in [4.78, 5) is 24.3. The van der Waals surface area contributed by atoms with Crippen LogP contribution in [0.1, 0.15) is 77.9 Å². The minimum atomic E-state index is -1.33. The number of aromatic carboxylic acids is 1. The van der Waals surface area contributed by atoms with E-state index in [0.29, 0.717) is 5.56 Å². The van der Waals surface area contributed by atoms with Gasteiger partial charge in [0.25, 0.3) is 0 Å². The van der Waals surface area contributed by atoms with Gasteiger partial charge in [-0.3, -0.25) is 4.79 Å². The number of carboxylic acid groups (broad SMARTS) is 1. The van der Waals surface area contributed by atoms with Crippen LogP contribution in [0.4, 0.5) is 0 Å². The molecule has 0 radical (unpaired) electrons. The Morgan fingerprint density at radius 3 is 1.96 bits per heavy atom. The molecule has 26 heavy (non-hydrogen) atoms. The maximum absolute atomic E-state index is 12.9. The SMILES string of the molecule is CC1(C)CCC(C)(C)c2cc(C(=O)c3ccccc3C(=O)[O-])ccc21.[Na+]. The standard InChI is InChI=1S/C22H24O3.Na/c1-21(2)11-12-22(3,4)18-13-14(9-10-17(18)21)19(23)15-7-5-6-8-16(15)20(24)25;/h5-10,13H,11-12H2,1-4H3,(H,24,25);/q;+1/p-1. The zero-order valence-electron chi connectivity index (χ0n) is 16.2. The molecule has 1 aliphatic rings. The van der Waals surface area contributed by atoms with Gasteiger partial charge in [0.05, 0.1) is 5.97 Å². The number of hydrogen-bond donors (Lipinski definition) is 0. The number of carbonyl (C=O) groups is 2. The van der Waals surface area contributed by atoms with Crippen molar-refractivity contribution in [1.82, 2.24) is 0 Å². The Morgan fingerprint density at radius 2 is 1.38 bits per heavy atom. The van der Waals surface area contributed by atoms with Gasteiger partial charge in [-0.25, -0.2) is 0 Å². The Morgan fingerprint density at radius 1 is 0.846 bits per heavy atom. The number of hydrogen-bond acceptors (Lipinski definition) is 3. The summed E-state index contributed by atoms with van der Waals surface area (Å²) in [7, 11) is 0. The molecule has 3 nitrogen and oxygen atoms in total. The van der Waals surface area contributed by atoms with Crippen molar-refractivity contribution in [3.63, 3.8) is 0 Å². The van der Waals surface area contributed by atoms with Crippen LogP contribution in [-0.4, -0.2) is 11.8 Å². The normalized spacial score (nSPS) is 16.9. The number of carboxylic acids is 1. The minimum Gasteiger partial charge on any atom is -0.545 e. The zero-order valence-corrected chi connectivity index (χ0v) is 18.2. The van der Waals surface area contributed by atoms with Crippen LogP contribution >= 0.6 is 0 Å². The van der Waals surface area contributed by atoms with Gasteiger partial charge in [0.1, 0.15) is 0 Å². The fourth-order valence-electron chi connectivity index (χ4n) is 3.74. The molecule has 0 N–H and O–H groups in total. The predicted octanol–water partition coefficient (Wildman–Crippen LogP) is 0.634. The number of benzene rings is 2. The summed E-state index contributed by atoms with van der Waals surface area (Å²) < 4.78 is 0. The first-order valence-electron chi connectivity index (χ1n) is 8.63. The van der Waals surface area contributed by atoms with Gasteiger partial charge in [0.2, 0.25) is 0 Å². The second-order valence-electron chi connectivity index (χ2n) is 8.19. The Labute approximate surface area is 177 Å². The van der Waals surface area contributed by atoms with E-state index in [-0.39, 0.29) is 57.3 Å². The fourth-order valence-corrected chi connectivity index (χ4v) is 3.74. The van der Waals surface area contributed by atoms with Crippen LogP contribution < -0.4 is 34.7 Å². The molecule has 2 aromatic carbocycles. The Hall–Kier alpha value is -1.42. The second kappa shape index (κ2) is 7.30. The van der Waals surface area contributed by atoms with E-state index in [4.69, 9.17) is 0 Å². The largest absolute Gasteiger partial charge is 1.00 e. The van der Waals surface area contributed by atoms with Gasteiger partial charge in [0.15, 0.2) is 5.78 Å². The third-order valence-electron chi connectivity index (χ3n) is 5.51. The molecule has 1 aliphatic carbocycles. The van der Waals surface area contributed by atoms with Crippen LogP contribution in [0.2, 0.25) is 0 Å². The van der Waals surface area contributed by atoms with Crippen molar-refractivity contribution in [2.75, 3.05) is 0 Å². The van der Waals surface area contributed by atoms with E-state index in [9.17, 15) is 14.7 Å². The van der Waals surface area contributed by atoms with E-state index < -0.39 is 5.97 Å². The van der Waals surface area contributed by atoms with Gasteiger partial charge in [-0.15, -0.1) is 0 Å². The maximum Gasteiger partial charge on any atom is 1.00 e. The van der Waals surface area contributed by atoms with E-state index in [1.165, 1.54) is 17.2 Å². The molecular formula is C22H23NaO3. The van der Waals surface area contributed by atoms with Crippen LogP contribution in [0.3, 0.4) is 0 Å². The molecule has 0 saturated carbocycles. The fraction of sp³-hybridized carbons (Fsp3) is 0.364. The molecule has 0 saturated heterocycles.